The second kappa shape index (κ2) is 8.67. The average Bonchev–Trinajstić information content (AvgIpc) is 2.46. The fourth-order valence-electron chi connectivity index (χ4n) is 2.37. The minimum Gasteiger partial charge on any atom is -0.399 e. The summed E-state index contributed by atoms with van der Waals surface area (Å²) < 4.78 is 0. The van der Waals surface area contributed by atoms with Gasteiger partial charge in [0.05, 0.1) is 0 Å². The Labute approximate surface area is 128 Å². The number of carbonyl (C=O) groups is 1. The lowest BCUT2D eigenvalue weighted by Crippen LogP contribution is -2.40. The molecule has 118 valence electrons. The molecule has 0 spiro atoms. The minimum absolute atomic E-state index is 0.0724. The zero-order chi connectivity index (χ0) is 15.8. The van der Waals surface area contributed by atoms with Crippen molar-refractivity contribution in [3.8, 4) is 0 Å². The Balaban J connectivity index is 2.78. The number of carbonyl (C=O) groups excluding carboxylic acids is 1. The van der Waals surface area contributed by atoms with Crippen molar-refractivity contribution in [2.75, 3.05) is 38.5 Å². The van der Waals surface area contributed by atoms with Gasteiger partial charge in [-0.3, -0.25) is 4.79 Å². The van der Waals surface area contributed by atoms with Crippen LogP contribution in [-0.4, -0.2) is 48.4 Å². The first-order valence-electron chi connectivity index (χ1n) is 7.85. The molecule has 0 saturated carbocycles. The maximum absolute atomic E-state index is 12.7. The summed E-state index contributed by atoms with van der Waals surface area (Å²) in [6, 6.07) is 7.23. The van der Waals surface area contributed by atoms with Gasteiger partial charge in [-0.05, 0) is 37.2 Å². The Morgan fingerprint density at radius 1 is 1.19 bits per heavy atom. The number of nitrogens with zero attached hydrogens (tertiary/aromatic N) is 2. The van der Waals surface area contributed by atoms with Crippen LogP contribution in [0.3, 0.4) is 0 Å². The molecule has 0 unspecified atom stereocenters. The van der Waals surface area contributed by atoms with Crippen LogP contribution in [0.4, 0.5) is 5.69 Å². The van der Waals surface area contributed by atoms with Crippen molar-refractivity contribution >= 4 is 11.6 Å². The molecule has 1 aromatic rings. The molecule has 0 heterocycles. The summed E-state index contributed by atoms with van der Waals surface area (Å²) in [6.07, 6.45) is 0. The standard InChI is InChI=1S/C17H29N3O/c1-5-19(6-2)10-11-20(13-14(3)4)17(21)15-8-7-9-16(18)12-15/h7-9,12,14H,5-6,10-11,13,18H2,1-4H3. The molecule has 0 aromatic heterocycles. The van der Waals surface area contributed by atoms with Crippen LogP contribution in [0.2, 0.25) is 0 Å². The Kier molecular flexibility index (Phi) is 7.23. The molecule has 0 fully saturated rings. The molecule has 1 aromatic carbocycles. The number of rotatable bonds is 8. The molecule has 4 nitrogen and oxygen atoms in total. The third-order valence-electron chi connectivity index (χ3n) is 3.59. The molecule has 1 amide bonds. The lowest BCUT2D eigenvalue weighted by molar-refractivity contribution is 0.0716. The van der Waals surface area contributed by atoms with Crippen molar-refractivity contribution in [3.63, 3.8) is 0 Å². The molecule has 0 aliphatic heterocycles. The molecular weight excluding hydrogens is 262 g/mol. The zero-order valence-electron chi connectivity index (χ0n) is 13.8. The van der Waals surface area contributed by atoms with E-state index in [4.69, 9.17) is 5.73 Å². The summed E-state index contributed by atoms with van der Waals surface area (Å²) in [4.78, 5) is 16.9. The lowest BCUT2D eigenvalue weighted by atomic mass is 10.1. The SMILES string of the molecule is CCN(CC)CCN(CC(C)C)C(=O)c1cccc(N)c1. The van der Waals surface area contributed by atoms with E-state index in [2.05, 4.69) is 32.6 Å². The molecule has 21 heavy (non-hydrogen) atoms. The van der Waals surface area contributed by atoms with Gasteiger partial charge in [0.2, 0.25) is 0 Å². The van der Waals surface area contributed by atoms with Gasteiger partial charge >= 0.3 is 0 Å². The van der Waals surface area contributed by atoms with Crippen LogP contribution in [0, 0.1) is 5.92 Å². The van der Waals surface area contributed by atoms with Gasteiger partial charge < -0.3 is 15.5 Å². The molecule has 0 atom stereocenters. The Hall–Kier alpha value is -1.55. The minimum atomic E-state index is 0.0724. The van der Waals surface area contributed by atoms with Crippen molar-refractivity contribution in [3.05, 3.63) is 29.8 Å². The third kappa shape index (κ3) is 5.76. The third-order valence-corrected chi connectivity index (χ3v) is 3.59. The number of nitrogens with two attached hydrogens (primary N) is 1. The van der Waals surface area contributed by atoms with Gasteiger partial charge in [0.15, 0.2) is 0 Å². The summed E-state index contributed by atoms with van der Waals surface area (Å²) in [5.74, 6) is 0.523. The normalized spacial score (nSPS) is 11.1. The number of amides is 1. The van der Waals surface area contributed by atoms with E-state index < -0.39 is 0 Å². The summed E-state index contributed by atoms with van der Waals surface area (Å²) >= 11 is 0. The number of benzene rings is 1. The smallest absolute Gasteiger partial charge is 0.253 e. The molecule has 1 rings (SSSR count). The second-order valence-electron chi connectivity index (χ2n) is 5.80. The van der Waals surface area contributed by atoms with E-state index in [-0.39, 0.29) is 5.91 Å². The van der Waals surface area contributed by atoms with Gasteiger partial charge in [0, 0.05) is 30.9 Å². The van der Waals surface area contributed by atoms with E-state index in [0.29, 0.717) is 17.2 Å². The first-order chi connectivity index (χ1) is 9.97. The van der Waals surface area contributed by atoms with E-state index in [1.807, 2.05) is 17.0 Å². The Morgan fingerprint density at radius 3 is 2.38 bits per heavy atom. The molecule has 0 bridgehead atoms. The molecule has 0 aliphatic carbocycles. The van der Waals surface area contributed by atoms with E-state index in [9.17, 15) is 4.79 Å². The van der Waals surface area contributed by atoms with Crippen LogP contribution in [0.25, 0.3) is 0 Å². The van der Waals surface area contributed by atoms with Crippen molar-refractivity contribution < 1.29 is 4.79 Å². The molecular formula is C17H29N3O. The second-order valence-corrected chi connectivity index (χ2v) is 5.80. The van der Waals surface area contributed by atoms with E-state index in [1.54, 1.807) is 12.1 Å². The van der Waals surface area contributed by atoms with E-state index in [0.717, 1.165) is 32.7 Å². The number of hydrogen-bond acceptors (Lipinski definition) is 3. The van der Waals surface area contributed by atoms with Crippen LogP contribution in [0.5, 0.6) is 0 Å². The van der Waals surface area contributed by atoms with Gasteiger partial charge in [0.1, 0.15) is 0 Å². The monoisotopic (exact) mass is 291 g/mol. The summed E-state index contributed by atoms with van der Waals surface area (Å²) in [5, 5.41) is 0. The van der Waals surface area contributed by atoms with Crippen molar-refractivity contribution in [1.82, 2.24) is 9.80 Å². The summed E-state index contributed by atoms with van der Waals surface area (Å²) in [5.41, 5.74) is 7.09. The van der Waals surface area contributed by atoms with Gasteiger partial charge in [0.25, 0.3) is 5.91 Å². The molecule has 0 aliphatic rings. The van der Waals surface area contributed by atoms with E-state index in [1.165, 1.54) is 0 Å². The lowest BCUT2D eigenvalue weighted by Gasteiger charge is -2.28. The van der Waals surface area contributed by atoms with Crippen molar-refractivity contribution in [1.29, 1.82) is 0 Å². The zero-order valence-corrected chi connectivity index (χ0v) is 13.8. The van der Waals surface area contributed by atoms with Crippen molar-refractivity contribution in [2.45, 2.75) is 27.7 Å². The maximum Gasteiger partial charge on any atom is 0.253 e. The quantitative estimate of drug-likeness (QED) is 0.749. The molecule has 4 heteroatoms. The fourth-order valence-corrected chi connectivity index (χ4v) is 2.37. The van der Waals surface area contributed by atoms with Crippen LogP contribution in [0.1, 0.15) is 38.1 Å². The Morgan fingerprint density at radius 2 is 1.86 bits per heavy atom. The highest BCUT2D eigenvalue weighted by Gasteiger charge is 2.17. The average molecular weight is 291 g/mol. The summed E-state index contributed by atoms with van der Waals surface area (Å²) in [7, 11) is 0. The molecule has 0 saturated heterocycles. The van der Waals surface area contributed by atoms with Crippen LogP contribution < -0.4 is 5.73 Å². The first-order valence-corrected chi connectivity index (χ1v) is 7.85. The number of hydrogen-bond donors (Lipinski definition) is 1. The highest BCUT2D eigenvalue weighted by molar-refractivity contribution is 5.95. The van der Waals surface area contributed by atoms with Gasteiger partial charge in [-0.25, -0.2) is 0 Å². The summed E-state index contributed by atoms with van der Waals surface area (Å²) in [6.45, 7) is 13.0. The topological polar surface area (TPSA) is 49.6 Å². The number of likely N-dealkylation sites (N-methyl/N-ethyl adjacent to an activating group) is 1. The first kappa shape index (κ1) is 17.5. The largest absolute Gasteiger partial charge is 0.399 e. The number of nitrogen functional groups attached to an aromatic ring is 1. The highest BCUT2D eigenvalue weighted by Crippen LogP contribution is 2.11. The fraction of sp³-hybridized carbons (Fsp3) is 0.588. The molecule has 0 radical (unpaired) electrons. The van der Waals surface area contributed by atoms with Crippen molar-refractivity contribution in [2.24, 2.45) is 5.92 Å². The van der Waals surface area contributed by atoms with Crippen LogP contribution in [0.15, 0.2) is 24.3 Å². The van der Waals surface area contributed by atoms with Gasteiger partial charge in [-0.15, -0.1) is 0 Å². The predicted octanol–water partition coefficient (Wildman–Crippen LogP) is 2.71. The van der Waals surface area contributed by atoms with Gasteiger partial charge in [-0.2, -0.15) is 0 Å². The number of anilines is 1. The highest BCUT2D eigenvalue weighted by atomic mass is 16.2. The molecule has 2 N–H and O–H groups in total. The predicted molar refractivity (Wildman–Crippen MR) is 89.4 cm³/mol. The van der Waals surface area contributed by atoms with Crippen LogP contribution in [-0.2, 0) is 0 Å². The van der Waals surface area contributed by atoms with E-state index >= 15 is 0 Å². The maximum atomic E-state index is 12.7. The van der Waals surface area contributed by atoms with Crippen LogP contribution >= 0.6 is 0 Å². The van der Waals surface area contributed by atoms with Gasteiger partial charge in [-0.1, -0.05) is 33.8 Å². The Bertz CT molecular complexity index is 441.